The largest absolute Gasteiger partial charge is 0.394 e. The van der Waals surface area contributed by atoms with Crippen LogP contribution in [0.3, 0.4) is 0 Å². The molecule has 6 rings (SSSR count). The van der Waals surface area contributed by atoms with Gasteiger partial charge in [0.05, 0.1) is 39.6 Å². The number of hydrogen-bond acceptors (Lipinski definition) is 31. The molecule has 6 saturated heterocycles. The molecule has 2 amide bonds. The highest BCUT2D eigenvalue weighted by molar-refractivity contribution is 5.73. The van der Waals surface area contributed by atoms with Gasteiger partial charge in [-0.15, -0.1) is 0 Å². The zero-order valence-corrected chi connectivity index (χ0v) is 38.9. The second kappa shape index (κ2) is 26.0. The summed E-state index contributed by atoms with van der Waals surface area (Å²) in [5.41, 5.74) is 0. The molecule has 30 atom stereocenters. The Morgan fingerprint density at radius 2 is 0.712 bits per heavy atom. The Kier molecular flexibility index (Phi) is 21.3. The van der Waals surface area contributed by atoms with Crippen molar-refractivity contribution in [1.82, 2.24) is 10.6 Å². The van der Waals surface area contributed by atoms with Gasteiger partial charge in [-0.05, 0) is 0 Å². The van der Waals surface area contributed by atoms with Crippen molar-refractivity contribution >= 4 is 11.8 Å². The average molecular weight is 1070 g/mol. The van der Waals surface area contributed by atoms with E-state index in [4.69, 9.17) is 52.1 Å². The molecule has 6 aliphatic rings. The highest BCUT2D eigenvalue weighted by Gasteiger charge is 2.57. The van der Waals surface area contributed by atoms with Crippen molar-refractivity contribution in [2.75, 3.05) is 39.6 Å². The molecule has 33 heteroatoms. The minimum atomic E-state index is -2.26. The number of amides is 2. The zero-order chi connectivity index (χ0) is 53.9. The van der Waals surface area contributed by atoms with E-state index < -0.39 is 236 Å². The normalized spacial score (nSPS) is 49.8. The van der Waals surface area contributed by atoms with Crippen molar-refractivity contribution < 1.29 is 154 Å². The topological polar surface area (TPSA) is 524 Å². The molecule has 73 heavy (non-hydrogen) atoms. The van der Waals surface area contributed by atoms with Crippen LogP contribution in [0.4, 0.5) is 0 Å². The van der Waals surface area contributed by atoms with Gasteiger partial charge in [0.15, 0.2) is 37.7 Å². The molecule has 0 spiro atoms. The number of aliphatic hydroxyl groups excluding tert-OH is 18. The molecule has 0 unspecified atom stereocenters. The Balaban J connectivity index is 1.24. The van der Waals surface area contributed by atoms with Crippen molar-refractivity contribution in [3.63, 3.8) is 0 Å². The molecule has 0 bridgehead atoms. The van der Waals surface area contributed by atoms with Gasteiger partial charge in [-0.25, -0.2) is 0 Å². The van der Waals surface area contributed by atoms with Crippen molar-refractivity contribution in [3.05, 3.63) is 0 Å². The van der Waals surface area contributed by atoms with Crippen molar-refractivity contribution in [3.8, 4) is 0 Å². The van der Waals surface area contributed by atoms with Crippen molar-refractivity contribution in [1.29, 1.82) is 0 Å². The first kappa shape index (κ1) is 60.0. The predicted octanol–water partition coefficient (Wildman–Crippen LogP) is -13.8. The maximum atomic E-state index is 12.5. The Morgan fingerprint density at radius 3 is 1.19 bits per heavy atom. The second-order valence-electron chi connectivity index (χ2n) is 18.3. The van der Waals surface area contributed by atoms with E-state index in [9.17, 15) is 102 Å². The first-order valence-corrected chi connectivity index (χ1v) is 23.1. The summed E-state index contributed by atoms with van der Waals surface area (Å²) >= 11 is 0. The summed E-state index contributed by atoms with van der Waals surface area (Å²) in [4.78, 5) is 24.4. The van der Waals surface area contributed by atoms with Crippen LogP contribution in [-0.4, -0.2) is 327 Å². The monoisotopic (exact) mass is 1070 g/mol. The van der Waals surface area contributed by atoms with Crippen LogP contribution in [-0.2, 0) is 61.7 Å². The number of rotatable bonds is 18. The summed E-state index contributed by atoms with van der Waals surface area (Å²) in [7, 11) is 0. The Morgan fingerprint density at radius 1 is 0.356 bits per heavy atom. The van der Waals surface area contributed by atoms with Crippen LogP contribution < -0.4 is 10.6 Å². The van der Waals surface area contributed by atoms with E-state index in [-0.39, 0.29) is 0 Å². The van der Waals surface area contributed by atoms with E-state index in [1.165, 1.54) is 0 Å². The van der Waals surface area contributed by atoms with Crippen LogP contribution in [0.2, 0.25) is 0 Å². The van der Waals surface area contributed by atoms with Gasteiger partial charge in [0.25, 0.3) is 0 Å². The Hall–Kier alpha value is -2.22. The highest BCUT2D eigenvalue weighted by atomic mass is 16.8. The summed E-state index contributed by atoms with van der Waals surface area (Å²) in [6, 6.07) is -3.28. The number of ether oxygens (including phenoxy) is 11. The lowest BCUT2D eigenvalue weighted by Crippen LogP contribution is -2.70. The van der Waals surface area contributed by atoms with E-state index in [0.29, 0.717) is 0 Å². The van der Waals surface area contributed by atoms with Crippen LogP contribution in [0, 0.1) is 0 Å². The minimum absolute atomic E-state index is 0.715. The summed E-state index contributed by atoms with van der Waals surface area (Å²) in [5.74, 6) is -1.55. The smallest absolute Gasteiger partial charge is 0.217 e. The third-order valence-corrected chi connectivity index (χ3v) is 13.2. The van der Waals surface area contributed by atoms with E-state index in [1.54, 1.807) is 0 Å². The fourth-order valence-electron chi connectivity index (χ4n) is 9.22. The van der Waals surface area contributed by atoms with Gasteiger partial charge in [-0.2, -0.15) is 0 Å². The fourth-order valence-corrected chi connectivity index (χ4v) is 9.22. The maximum Gasteiger partial charge on any atom is 0.217 e. The second-order valence-corrected chi connectivity index (χ2v) is 18.3. The van der Waals surface area contributed by atoms with Gasteiger partial charge < -0.3 is 155 Å². The van der Waals surface area contributed by atoms with Crippen LogP contribution in [0.25, 0.3) is 0 Å². The van der Waals surface area contributed by atoms with Crippen molar-refractivity contribution in [2.24, 2.45) is 0 Å². The van der Waals surface area contributed by atoms with Gasteiger partial charge in [0, 0.05) is 13.8 Å². The molecule has 0 aliphatic carbocycles. The average Bonchev–Trinajstić information content (AvgIpc) is 3.35. The number of hydrogen-bond donors (Lipinski definition) is 20. The third-order valence-electron chi connectivity index (χ3n) is 13.2. The molecule has 6 fully saturated rings. The van der Waals surface area contributed by atoms with Gasteiger partial charge in [-0.3, -0.25) is 9.59 Å². The lowest BCUT2D eigenvalue weighted by molar-refractivity contribution is -0.386. The van der Waals surface area contributed by atoms with Crippen LogP contribution in [0.15, 0.2) is 0 Å². The Bertz CT molecular complexity index is 1740. The Labute approximate surface area is 413 Å². The molecular formula is C40H68N2O31. The zero-order valence-electron chi connectivity index (χ0n) is 38.9. The van der Waals surface area contributed by atoms with Gasteiger partial charge in [0.1, 0.15) is 146 Å². The lowest BCUT2D eigenvalue weighted by Gasteiger charge is -2.50. The van der Waals surface area contributed by atoms with Crippen LogP contribution in [0.1, 0.15) is 13.8 Å². The predicted molar refractivity (Wildman–Crippen MR) is 222 cm³/mol. The van der Waals surface area contributed by atoms with Gasteiger partial charge in [0.2, 0.25) is 11.8 Å². The highest BCUT2D eigenvalue weighted by Crippen LogP contribution is 2.36. The number of aliphatic hydroxyl groups is 18. The van der Waals surface area contributed by atoms with Crippen molar-refractivity contribution in [2.45, 2.75) is 198 Å². The van der Waals surface area contributed by atoms with E-state index >= 15 is 0 Å². The van der Waals surface area contributed by atoms with Gasteiger partial charge in [-0.1, -0.05) is 0 Å². The molecule has 0 saturated carbocycles. The third kappa shape index (κ3) is 13.0. The van der Waals surface area contributed by atoms with E-state index in [0.717, 1.165) is 13.8 Å². The molecule has 33 nitrogen and oxygen atoms in total. The minimum Gasteiger partial charge on any atom is -0.394 e. The quantitative estimate of drug-likeness (QED) is 0.0606. The standard InChI is InChI=1S/C40H68N2O31/c1-9(48)41-17-22(53)31(13(5-45)64-35(17)62)70-36-18(42-10(2)49)23(54)32(14(6-46)67-36)71-40-30(61)34(73-39-28(59)25(56)20(51)12(4-44)66-39)21(52)16(69-40)8-63-37-29(60)26(57)33(15(7-47)68-37)72-38-27(58)24(55)19(50)11(3-43)65-38/h11-40,43-47,50-62H,3-8H2,1-2H3,(H,41,48)(H,42,49)/t11-,12-,13-,14-,15-,16-,17-,18-,19+,20-,21-,22-,23-,24+,25+,26-,27-,28+,29+,30+,31-,32-,33-,34+,35-,36+,37+,38+,39-,40+/m1/s1. The summed E-state index contributed by atoms with van der Waals surface area (Å²) in [6.07, 6.45) is -53.1. The fraction of sp³-hybridized carbons (Fsp3) is 0.950. The summed E-state index contributed by atoms with van der Waals surface area (Å²) in [6.45, 7) is -3.57. The molecule has 0 radical (unpaired) electrons. The SMILES string of the molecule is CC(=O)N[C@@H]1[C@@H](O)[C@H](O[C@@H]2O[C@H](CO)[C@@H](O[C@@H]3O[C@H](CO[C@H]4O[C@H](CO)[C@@H](O[C@@H]5O[C@H](CO)[C@H](O)[C@H](O)[C@H]5O)[C@H](O)[C@@H]4O)[C@@H](O)[C@H](O[C@H]4O[C@H](CO)[C@@H](O)[C@H](O)[C@@H]4O)[C@@H]3O)[C@H](O)[C@H]2NC(C)=O)[C@@H](CO)O[C@H]1O. The van der Waals surface area contributed by atoms with Crippen LogP contribution >= 0.6 is 0 Å². The summed E-state index contributed by atoms with van der Waals surface area (Å²) < 4.78 is 62.4. The number of nitrogens with one attached hydrogen (secondary N) is 2. The molecule has 0 aromatic rings. The molecule has 6 aliphatic heterocycles. The molecule has 0 aromatic heterocycles. The number of carbonyl (C=O) groups excluding carboxylic acids is 2. The van der Waals surface area contributed by atoms with Gasteiger partial charge >= 0.3 is 0 Å². The molecule has 424 valence electrons. The molecule has 0 aromatic carbocycles. The number of carbonyl (C=O) groups is 2. The summed E-state index contributed by atoms with van der Waals surface area (Å²) in [5, 5.41) is 197. The first-order chi connectivity index (χ1) is 34.5. The molecular weight excluding hydrogens is 1000 g/mol. The molecule has 20 N–H and O–H groups in total. The molecule has 6 heterocycles. The first-order valence-electron chi connectivity index (χ1n) is 23.1. The van der Waals surface area contributed by atoms with Crippen LogP contribution in [0.5, 0.6) is 0 Å². The lowest BCUT2D eigenvalue weighted by atomic mass is 9.94. The van der Waals surface area contributed by atoms with E-state index in [2.05, 4.69) is 10.6 Å². The van der Waals surface area contributed by atoms with E-state index in [1.807, 2.05) is 0 Å². The maximum absolute atomic E-state index is 12.5.